The molecule has 206 valence electrons. The Hall–Kier alpha value is -4.70. The van der Waals surface area contributed by atoms with Crippen LogP contribution in [0, 0.1) is 5.82 Å². The van der Waals surface area contributed by atoms with Crippen molar-refractivity contribution < 1.29 is 23.5 Å². The van der Waals surface area contributed by atoms with Crippen LogP contribution >= 0.6 is 0 Å². The standard InChI is InChI=1S/C30H30FN5O4/c1-40-22-9-6-20(7-10-22)28(37)19-26-30(39)34-25-18-21(8-11-24(25)33-26)29(38)32-12-13-35-14-16-36(17-15-35)27-5-3-2-4-23(27)31/h2-11,18-19,33H,12-17H2,1H3,(H,32,38)(H,34,39). The van der Waals surface area contributed by atoms with Gasteiger partial charge in [0, 0.05) is 56.5 Å². The van der Waals surface area contributed by atoms with Crippen molar-refractivity contribution in [3.8, 4) is 5.75 Å². The van der Waals surface area contributed by atoms with Gasteiger partial charge >= 0.3 is 0 Å². The summed E-state index contributed by atoms with van der Waals surface area (Å²) < 4.78 is 19.2. The van der Waals surface area contributed by atoms with E-state index in [1.54, 1.807) is 61.7 Å². The van der Waals surface area contributed by atoms with Crippen molar-refractivity contribution in [2.24, 2.45) is 0 Å². The van der Waals surface area contributed by atoms with Crippen LogP contribution < -0.4 is 25.6 Å². The van der Waals surface area contributed by atoms with Crippen molar-refractivity contribution in [2.45, 2.75) is 0 Å². The lowest BCUT2D eigenvalue weighted by molar-refractivity contribution is -0.112. The van der Waals surface area contributed by atoms with Crippen LogP contribution in [0.25, 0.3) is 0 Å². The third-order valence-corrected chi connectivity index (χ3v) is 6.97. The maximum absolute atomic E-state index is 14.1. The van der Waals surface area contributed by atoms with Gasteiger partial charge in [-0.05, 0) is 54.6 Å². The quantitative estimate of drug-likeness (QED) is 0.295. The second-order valence-electron chi connectivity index (χ2n) is 9.53. The highest BCUT2D eigenvalue weighted by Gasteiger charge is 2.23. The molecule has 10 heteroatoms. The summed E-state index contributed by atoms with van der Waals surface area (Å²) in [6.45, 7) is 4.12. The van der Waals surface area contributed by atoms with Gasteiger partial charge in [0.1, 0.15) is 17.3 Å². The molecule has 0 radical (unpaired) electrons. The van der Waals surface area contributed by atoms with Crippen molar-refractivity contribution in [1.82, 2.24) is 10.2 Å². The number of anilines is 3. The number of ketones is 1. The lowest BCUT2D eigenvalue weighted by atomic mass is 10.1. The third-order valence-electron chi connectivity index (χ3n) is 6.97. The molecule has 0 aliphatic carbocycles. The minimum Gasteiger partial charge on any atom is -0.497 e. The summed E-state index contributed by atoms with van der Waals surface area (Å²) in [5.74, 6) is -0.632. The highest BCUT2D eigenvalue weighted by Crippen LogP contribution is 2.29. The molecule has 0 bridgehead atoms. The van der Waals surface area contributed by atoms with Crippen LogP contribution in [0.4, 0.5) is 21.5 Å². The number of rotatable bonds is 8. The van der Waals surface area contributed by atoms with Crippen LogP contribution in [0.3, 0.4) is 0 Å². The van der Waals surface area contributed by atoms with E-state index in [2.05, 4.69) is 20.9 Å². The Bertz CT molecular complexity index is 1450. The molecule has 3 aromatic carbocycles. The molecule has 2 heterocycles. The van der Waals surface area contributed by atoms with Crippen LogP contribution in [0.15, 0.2) is 78.5 Å². The Balaban J connectivity index is 1.12. The number of methoxy groups -OCH3 is 1. The molecule has 3 N–H and O–H groups in total. The summed E-state index contributed by atoms with van der Waals surface area (Å²) in [4.78, 5) is 42.3. The molecule has 2 amide bonds. The fourth-order valence-electron chi connectivity index (χ4n) is 4.71. The van der Waals surface area contributed by atoms with Crippen LogP contribution in [0.5, 0.6) is 5.75 Å². The number of fused-ring (bicyclic) bond motifs is 1. The zero-order chi connectivity index (χ0) is 28.1. The van der Waals surface area contributed by atoms with Gasteiger partial charge in [0.25, 0.3) is 11.8 Å². The van der Waals surface area contributed by atoms with Crippen molar-refractivity contribution >= 4 is 34.7 Å². The van der Waals surface area contributed by atoms with Gasteiger partial charge in [-0.2, -0.15) is 0 Å². The number of allylic oxidation sites excluding steroid dienone is 1. The van der Waals surface area contributed by atoms with Gasteiger partial charge in [-0.15, -0.1) is 0 Å². The van der Waals surface area contributed by atoms with Crippen LogP contribution in [-0.4, -0.2) is 68.9 Å². The van der Waals surface area contributed by atoms with Crippen LogP contribution in [0.2, 0.25) is 0 Å². The minimum atomic E-state index is -0.471. The molecule has 40 heavy (non-hydrogen) atoms. The largest absolute Gasteiger partial charge is 0.497 e. The molecule has 1 fully saturated rings. The third kappa shape index (κ3) is 6.13. The molecule has 1 saturated heterocycles. The number of para-hydroxylation sites is 1. The van der Waals surface area contributed by atoms with Gasteiger partial charge < -0.3 is 25.6 Å². The lowest BCUT2D eigenvalue weighted by Gasteiger charge is -2.36. The topological polar surface area (TPSA) is 103 Å². The second-order valence-corrected chi connectivity index (χ2v) is 9.53. The molecule has 0 aromatic heterocycles. The summed E-state index contributed by atoms with van der Waals surface area (Å²) in [6.07, 6.45) is 1.25. The Morgan fingerprint density at radius 2 is 1.68 bits per heavy atom. The van der Waals surface area contributed by atoms with Crippen LogP contribution in [-0.2, 0) is 4.79 Å². The van der Waals surface area contributed by atoms with E-state index in [1.165, 1.54) is 12.1 Å². The van der Waals surface area contributed by atoms with Crippen molar-refractivity contribution in [3.63, 3.8) is 0 Å². The molecule has 2 aliphatic rings. The van der Waals surface area contributed by atoms with Gasteiger partial charge in [0.05, 0.1) is 24.2 Å². The molecule has 0 atom stereocenters. The monoisotopic (exact) mass is 543 g/mol. The van der Waals surface area contributed by atoms with E-state index in [0.717, 1.165) is 13.1 Å². The van der Waals surface area contributed by atoms with Gasteiger partial charge in [0.15, 0.2) is 5.78 Å². The van der Waals surface area contributed by atoms with E-state index in [0.29, 0.717) is 60.1 Å². The van der Waals surface area contributed by atoms with Crippen LogP contribution in [0.1, 0.15) is 20.7 Å². The summed E-state index contributed by atoms with van der Waals surface area (Å²) in [7, 11) is 1.54. The van der Waals surface area contributed by atoms with E-state index in [4.69, 9.17) is 4.74 Å². The summed E-state index contributed by atoms with van der Waals surface area (Å²) in [5.41, 5.74) is 2.60. The minimum absolute atomic E-state index is 0.112. The van der Waals surface area contributed by atoms with Crippen molar-refractivity contribution in [2.75, 3.05) is 61.9 Å². The van der Waals surface area contributed by atoms with Gasteiger partial charge in [-0.25, -0.2) is 4.39 Å². The number of benzene rings is 3. The fourth-order valence-corrected chi connectivity index (χ4v) is 4.71. The highest BCUT2D eigenvalue weighted by atomic mass is 19.1. The number of nitrogens with zero attached hydrogens (tertiary/aromatic N) is 2. The zero-order valence-electron chi connectivity index (χ0n) is 22.1. The van der Waals surface area contributed by atoms with Gasteiger partial charge in [-0.1, -0.05) is 12.1 Å². The number of amides is 2. The smallest absolute Gasteiger partial charge is 0.272 e. The average molecular weight is 544 g/mol. The number of halogens is 1. The van der Waals surface area contributed by atoms with E-state index < -0.39 is 5.91 Å². The summed E-state index contributed by atoms with van der Waals surface area (Å²) in [6, 6.07) is 18.4. The molecular weight excluding hydrogens is 513 g/mol. The molecular formula is C30H30FN5O4. The molecule has 0 spiro atoms. The Morgan fingerprint density at radius 3 is 2.40 bits per heavy atom. The first-order valence-corrected chi connectivity index (χ1v) is 13.0. The number of piperazine rings is 1. The first kappa shape index (κ1) is 26.9. The number of hydrogen-bond acceptors (Lipinski definition) is 7. The van der Waals surface area contributed by atoms with Crippen molar-refractivity contribution in [3.05, 3.63) is 95.4 Å². The Kier molecular flexibility index (Phi) is 8.07. The number of carbonyl (C=O) groups excluding carboxylic acids is 3. The molecule has 2 aliphatic heterocycles. The molecule has 5 rings (SSSR count). The predicted octanol–water partition coefficient (Wildman–Crippen LogP) is 3.52. The molecule has 3 aromatic rings. The van der Waals surface area contributed by atoms with Gasteiger partial charge in [0.2, 0.25) is 0 Å². The Morgan fingerprint density at radius 1 is 0.950 bits per heavy atom. The highest BCUT2D eigenvalue weighted by molar-refractivity contribution is 6.17. The second kappa shape index (κ2) is 12.0. The number of ether oxygens (including phenoxy) is 1. The first-order chi connectivity index (χ1) is 19.4. The Labute approximate surface area is 231 Å². The number of hydrogen-bond donors (Lipinski definition) is 3. The predicted molar refractivity (Wildman–Crippen MR) is 151 cm³/mol. The van der Waals surface area contributed by atoms with E-state index in [9.17, 15) is 18.8 Å². The van der Waals surface area contributed by atoms with Crippen molar-refractivity contribution in [1.29, 1.82) is 0 Å². The summed E-state index contributed by atoms with van der Waals surface area (Å²) >= 11 is 0. The van der Waals surface area contributed by atoms with E-state index in [1.807, 2.05) is 11.0 Å². The molecule has 0 saturated carbocycles. The van der Waals surface area contributed by atoms with E-state index in [-0.39, 0.29) is 23.2 Å². The maximum Gasteiger partial charge on any atom is 0.272 e. The fraction of sp³-hybridized carbons (Fsp3) is 0.233. The number of nitrogens with one attached hydrogen (secondary N) is 3. The first-order valence-electron chi connectivity index (χ1n) is 13.0. The normalized spacial score (nSPS) is 16.1. The molecule has 0 unspecified atom stereocenters. The lowest BCUT2D eigenvalue weighted by Crippen LogP contribution is -2.48. The average Bonchev–Trinajstić information content (AvgIpc) is 2.98. The van der Waals surface area contributed by atoms with Gasteiger partial charge in [-0.3, -0.25) is 19.3 Å². The van der Waals surface area contributed by atoms with E-state index >= 15 is 0 Å². The SMILES string of the molecule is COc1ccc(C(=O)C=C2Nc3ccc(C(=O)NCCN4CCN(c5ccccc5F)CC4)cc3NC2=O)cc1. The molecule has 9 nitrogen and oxygen atoms in total. The zero-order valence-corrected chi connectivity index (χ0v) is 22.1. The number of carbonyl (C=O) groups is 3. The summed E-state index contributed by atoms with van der Waals surface area (Å²) in [5, 5.41) is 8.65. The maximum atomic E-state index is 14.1.